The molecule has 2 heterocycles. The highest BCUT2D eigenvalue weighted by molar-refractivity contribution is 6.01. The second kappa shape index (κ2) is 9.67. The van der Waals surface area contributed by atoms with Crippen LogP contribution < -0.4 is 10.6 Å². The molecule has 0 saturated carbocycles. The standard InChI is InChI=1S/C15H23F3N6O3/c1-10(9-26-2)19-14(20-12-7-11(22-23-12)15(16,17)18)21-13(25)8-24-3-5-27-6-4-24/h7,10H,3-6,8-9H2,1-2H3,(H3,19,20,21,22,23,25). The van der Waals surface area contributed by atoms with E-state index in [4.69, 9.17) is 9.47 Å². The van der Waals surface area contributed by atoms with Crippen molar-refractivity contribution < 1.29 is 27.4 Å². The summed E-state index contributed by atoms with van der Waals surface area (Å²) < 4.78 is 48.3. The highest BCUT2D eigenvalue weighted by Crippen LogP contribution is 2.28. The van der Waals surface area contributed by atoms with Gasteiger partial charge in [-0.15, -0.1) is 0 Å². The van der Waals surface area contributed by atoms with Gasteiger partial charge in [-0.05, 0) is 6.92 Å². The lowest BCUT2D eigenvalue weighted by atomic mass is 10.3. The van der Waals surface area contributed by atoms with Crippen molar-refractivity contribution in [3.05, 3.63) is 11.8 Å². The first-order chi connectivity index (χ1) is 12.8. The third-order valence-corrected chi connectivity index (χ3v) is 3.63. The lowest BCUT2D eigenvalue weighted by Gasteiger charge is -2.25. The zero-order valence-corrected chi connectivity index (χ0v) is 15.1. The van der Waals surface area contributed by atoms with Crippen molar-refractivity contribution in [2.45, 2.75) is 19.1 Å². The lowest BCUT2D eigenvalue weighted by Crippen LogP contribution is -2.42. The molecule has 1 atom stereocenters. The molecule has 3 N–H and O–H groups in total. The number of nitrogens with zero attached hydrogens (tertiary/aromatic N) is 3. The summed E-state index contributed by atoms with van der Waals surface area (Å²) in [7, 11) is 1.51. The van der Waals surface area contributed by atoms with Gasteiger partial charge in [0.05, 0.1) is 26.4 Å². The van der Waals surface area contributed by atoms with Gasteiger partial charge in [-0.1, -0.05) is 0 Å². The number of methoxy groups -OCH3 is 1. The van der Waals surface area contributed by atoms with E-state index in [1.54, 1.807) is 6.92 Å². The normalized spacial score (nSPS) is 17.6. The van der Waals surface area contributed by atoms with Crippen molar-refractivity contribution in [2.75, 3.05) is 51.9 Å². The topological polar surface area (TPSA) is 104 Å². The molecule has 1 aliphatic heterocycles. The first-order valence-corrected chi connectivity index (χ1v) is 8.34. The number of guanidine groups is 1. The minimum Gasteiger partial charge on any atom is -0.383 e. The molecule has 0 spiro atoms. The number of anilines is 1. The summed E-state index contributed by atoms with van der Waals surface area (Å²) in [4.78, 5) is 18.1. The van der Waals surface area contributed by atoms with Gasteiger partial charge in [-0.3, -0.25) is 14.8 Å². The van der Waals surface area contributed by atoms with E-state index in [2.05, 4.69) is 20.7 Å². The van der Waals surface area contributed by atoms with Gasteiger partial charge in [0.25, 0.3) is 5.91 Å². The van der Waals surface area contributed by atoms with Crippen LogP contribution >= 0.6 is 0 Å². The molecule has 0 radical (unpaired) electrons. The molecule has 12 heteroatoms. The molecule has 1 aromatic rings. The number of nitrogens with one attached hydrogen (secondary N) is 3. The number of carbonyl (C=O) groups is 1. The van der Waals surface area contributed by atoms with E-state index in [0.717, 1.165) is 6.07 Å². The van der Waals surface area contributed by atoms with Crippen LogP contribution in [0.25, 0.3) is 0 Å². The molecule has 0 bridgehead atoms. The van der Waals surface area contributed by atoms with Crippen LogP contribution in [0.1, 0.15) is 12.6 Å². The number of morpholine rings is 1. The fourth-order valence-electron chi connectivity index (χ4n) is 2.38. The molecule has 1 saturated heterocycles. The number of hydrogen-bond acceptors (Lipinski definition) is 5. The lowest BCUT2D eigenvalue weighted by molar-refractivity contribution is -0.141. The summed E-state index contributed by atoms with van der Waals surface area (Å²) in [5.74, 6) is -0.557. The molecule has 0 aromatic carbocycles. The smallest absolute Gasteiger partial charge is 0.383 e. The molecule has 9 nitrogen and oxygen atoms in total. The predicted molar refractivity (Wildman–Crippen MR) is 91.4 cm³/mol. The van der Waals surface area contributed by atoms with Crippen molar-refractivity contribution >= 4 is 17.7 Å². The van der Waals surface area contributed by atoms with E-state index < -0.39 is 17.8 Å². The second-order valence-corrected chi connectivity index (χ2v) is 6.03. The van der Waals surface area contributed by atoms with Crippen molar-refractivity contribution in [1.29, 1.82) is 0 Å². The number of amides is 1. The van der Waals surface area contributed by atoms with E-state index in [0.29, 0.717) is 32.9 Å². The maximum Gasteiger partial charge on any atom is 0.432 e. The molecule has 27 heavy (non-hydrogen) atoms. The Bertz CT molecular complexity index is 643. The summed E-state index contributed by atoms with van der Waals surface area (Å²) in [6, 6.07) is 0.559. The molecule has 2 rings (SSSR count). The number of aliphatic imine (C=N–C) groups is 1. The number of ether oxygens (including phenoxy) is 2. The van der Waals surface area contributed by atoms with Crippen LogP contribution in [-0.4, -0.2) is 79.6 Å². The summed E-state index contributed by atoms with van der Waals surface area (Å²) in [6.45, 7) is 4.49. The Morgan fingerprint density at radius 2 is 2.19 bits per heavy atom. The Hall–Kier alpha value is -2.18. The fraction of sp³-hybridized carbons (Fsp3) is 0.667. The van der Waals surface area contributed by atoms with Crippen LogP contribution in [0.3, 0.4) is 0 Å². The maximum absolute atomic E-state index is 12.7. The van der Waals surface area contributed by atoms with Crippen LogP contribution in [0, 0.1) is 0 Å². The van der Waals surface area contributed by atoms with E-state index in [-0.39, 0.29) is 24.4 Å². The Balaban J connectivity index is 2.07. The minimum absolute atomic E-state index is 0.00182. The van der Waals surface area contributed by atoms with Crippen LogP contribution in [0.2, 0.25) is 0 Å². The maximum atomic E-state index is 12.7. The first-order valence-electron chi connectivity index (χ1n) is 8.34. The predicted octanol–water partition coefficient (Wildman–Crippen LogP) is 0.680. The average molecular weight is 392 g/mol. The molecule has 1 aromatic heterocycles. The highest BCUT2D eigenvalue weighted by Gasteiger charge is 2.33. The van der Waals surface area contributed by atoms with Crippen molar-refractivity contribution in [2.24, 2.45) is 4.99 Å². The minimum atomic E-state index is -4.55. The van der Waals surface area contributed by atoms with Crippen LogP contribution in [0.5, 0.6) is 0 Å². The molecule has 1 aliphatic rings. The number of H-pyrrole nitrogens is 1. The van der Waals surface area contributed by atoms with Gasteiger partial charge in [0, 0.05) is 32.3 Å². The fourth-order valence-corrected chi connectivity index (χ4v) is 2.38. The Morgan fingerprint density at radius 1 is 1.48 bits per heavy atom. The van der Waals surface area contributed by atoms with E-state index in [9.17, 15) is 18.0 Å². The number of carbonyl (C=O) groups excluding carboxylic acids is 1. The molecule has 152 valence electrons. The van der Waals surface area contributed by atoms with Crippen molar-refractivity contribution in [3.8, 4) is 0 Å². The van der Waals surface area contributed by atoms with Crippen LogP contribution in [0.15, 0.2) is 11.1 Å². The molecular weight excluding hydrogens is 369 g/mol. The molecule has 0 aliphatic carbocycles. The zero-order chi connectivity index (χ0) is 19.9. The number of aromatic amines is 1. The average Bonchev–Trinajstić information content (AvgIpc) is 3.04. The third-order valence-electron chi connectivity index (χ3n) is 3.63. The number of hydrogen-bond donors (Lipinski definition) is 3. The van der Waals surface area contributed by atoms with Gasteiger partial charge >= 0.3 is 6.18 Å². The van der Waals surface area contributed by atoms with Gasteiger partial charge in [0.2, 0.25) is 5.96 Å². The zero-order valence-electron chi connectivity index (χ0n) is 15.1. The highest BCUT2D eigenvalue weighted by atomic mass is 19.4. The van der Waals surface area contributed by atoms with Crippen molar-refractivity contribution in [3.63, 3.8) is 0 Å². The quantitative estimate of drug-likeness (QED) is 0.483. The monoisotopic (exact) mass is 392 g/mol. The SMILES string of the molecule is COCC(C)N/C(=N/C(=O)CN1CCOCC1)Nc1cc(C(F)(F)F)[nH]n1. The molecular formula is C15H23F3N6O3. The Kier molecular flexibility index (Phi) is 7.56. The number of halogens is 3. The number of alkyl halides is 3. The summed E-state index contributed by atoms with van der Waals surface area (Å²) in [6.07, 6.45) is -4.55. The van der Waals surface area contributed by atoms with Gasteiger partial charge in [-0.2, -0.15) is 23.3 Å². The van der Waals surface area contributed by atoms with Gasteiger partial charge in [-0.25, -0.2) is 0 Å². The van der Waals surface area contributed by atoms with E-state index >= 15 is 0 Å². The second-order valence-electron chi connectivity index (χ2n) is 6.03. The third kappa shape index (κ3) is 7.15. The van der Waals surface area contributed by atoms with E-state index in [1.807, 2.05) is 10.00 Å². The Labute approximate surface area is 154 Å². The summed E-state index contributed by atoms with van der Waals surface area (Å²) >= 11 is 0. The Morgan fingerprint density at radius 3 is 2.78 bits per heavy atom. The van der Waals surface area contributed by atoms with Gasteiger partial charge in [0.15, 0.2) is 5.82 Å². The van der Waals surface area contributed by atoms with Gasteiger partial charge < -0.3 is 20.1 Å². The summed E-state index contributed by atoms with van der Waals surface area (Å²) in [5, 5.41) is 11.0. The largest absolute Gasteiger partial charge is 0.432 e. The number of aromatic nitrogens is 2. The van der Waals surface area contributed by atoms with E-state index in [1.165, 1.54) is 7.11 Å². The van der Waals surface area contributed by atoms with Crippen molar-refractivity contribution in [1.82, 2.24) is 20.4 Å². The first kappa shape index (κ1) is 21.1. The van der Waals surface area contributed by atoms with Crippen LogP contribution in [-0.2, 0) is 20.4 Å². The van der Waals surface area contributed by atoms with Gasteiger partial charge in [0.1, 0.15) is 5.69 Å². The molecule has 1 amide bonds. The van der Waals surface area contributed by atoms with Crippen LogP contribution in [0.4, 0.5) is 19.0 Å². The molecule has 1 fully saturated rings. The summed E-state index contributed by atoms with van der Waals surface area (Å²) in [5.41, 5.74) is -1.01. The molecule has 1 unspecified atom stereocenters. The number of rotatable bonds is 6.